The Morgan fingerprint density at radius 1 is 1.10 bits per heavy atom. The summed E-state index contributed by atoms with van der Waals surface area (Å²) in [7, 11) is 0. The van der Waals surface area contributed by atoms with Gasteiger partial charge >= 0.3 is 12.0 Å². The van der Waals surface area contributed by atoms with Crippen LogP contribution in [0.4, 0.5) is 4.79 Å². The molecule has 0 radical (unpaired) electrons. The molecule has 0 saturated carbocycles. The van der Waals surface area contributed by atoms with E-state index in [1.807, 2.05) is 0 Å². The number of hydrogen-bond donors (Lipinski definition) is 2. The van der Waals surface area contributed by atoms with Crippen molar-refractivity contribution in [2.45, 2.75) is 39.0 Å². The molecule has 0 aliphatic carbocycles. The van der Waals surface area contributed by atoms with Crippen molar-refractivity contribution in [3.63, 3.8) is 0 Å². The number of aliphatic carboxylic acids is 1. The average molecular weight is 297 g/mol. The van der Waals surface area contributed by atoms with Gasteiger partial charge in [0.2, 0.25) is 0 Å². The molecule has 2 fully saturated rings. The van der Waals surface area contributed by atoms with Gasteiger partial charge in [-0.1, -0.05) is 6.42 Å². The third kappa shape index (κ3) is 4.33. The van der Waals surface area contributed by atoms with Crippen LogP contribution in [0.3, 0.4) is 0 Å². The van der Waals surface area contributed by atoms with E-state index in [0.29, 0.717) is 32.5 Å². The first-order chi connectivity index (χ1) is 10.0. The lowest BCUT2D eigenvalue weighted by molar-refractivity contribution is -0.150. The maximum Gasteiger partial charge on any atom is 0.317 e. The second kappa shape index (κ2) is 7.11. The van der Waals surface area contributed by atoms with Crippen LogP contribution in [0, 0.1) is 5.41 Å². The largest absolute Gasteiger partial charge is 0.481 e. The molecular formula is C15H27N3O3. The number of carboxylic acid groups (broad SMARTS) is 1. The maximum absolute atomic E-state index is 12.1. The first-order valence-corrected chi connectivity index (χ1v) is 8.00. The van der Waals surface area contributed by atoms with Gasteiger partial charge < -0.3 is 20.2 Å². The Balaban J connectivity index is 1.66. The van der Waals surface area contributed by atoms with Gasteiger partial charge in [0.1, 0.15) is 0 Å². The Morgan fingerprint density at radius 2 is 1.71 bits per heavy atom. The molecule has 0 atom stereocenters. The lowest BCUT2D eigenvalue weighted by atomic mass is 9.80. The van der Waals surface area contributed by atoms with E-state index in [4.69, 9.17) is 0 Å². The highest BCUT2D eigenvalue weighted by atomic mass is 16.4. The van der Waals surface area contributed by atoms with Crippen LogP contribution in [0.2, 0.25) is 0 Å². The molecule has 2 amide bonds. The summed E-state index contributed by atoms with van der Waals surface area (Å²) in [5, 5.41) is 12.1. The van der Waals surface area contributed by atoms with Crippen LogP contribution in [0.1, 0.15) is 39.0 Å². The van der Waals surface area contributed by atoms with Crippen molar-refractivity contribution in [1.29, 1.82) is 0 Å². The lowest BCUT2D eigenvalue weighted by Gasteiger charge is -2.36. The fraction of sp³-hybridized carbons (Fsp3) is 0.867. The van der Waals surface area contributed by atoms with Crippen LogP contribution in [0.15, 0.2) is 0 Å². The molecule has 0 aromatic carbocycles. The van der Waals surface area contributed by atoms with Crippen LogP contribution in [-0.2, 0) is 4.79 Å². The van der Waals surface area contributed by atoms with Crippen molar-refractivity contribution in [2.75, 3.05) is 39.3 Å². The Bertz CT molecular complexity index is 372. The number of carbonyl (C=O) groups excluding carboxylic acids is 1. The third-order valence-corrected chi connectivity index (χ3v) is 4.82. The quantitative estimate of drug-likeness (QED) is 0.822. The average Bonchev–Trinajstić information content (AvgIpc) is 2.49. The molecule has 2 rings (SSSR count). The number of rotatable bonds is 4. The highest BCUT2D eigenvalue weighted by Gasteiger charge is 2.37. The summed E-state index contributed by atoms with van der Waals surface area (Å²) in [5.74, 6) is -0.757. The molecular weight excluding hydrogens is 270 g/mol. The van der Waals surface area contributed by atoms with Crippen molar-refractivity contribution in [3.05, 3.63) is 0 Å². The number of amides is 2. The van der Waals surface area contributed by atoms with Crippen LogP contribution in [0.25, 0.3) is 0 Å². The van der Waals surface area contributed by atoms with E-state index in [-0.39, 0.29) is 6.03 Å². The van der Waals surface area contributed by atoms with Crippen LogP contribution in [0.5, 0.6) is 0 Å². The predicted molar refractivity (Wildman–Crippen MR) is 80.2 cm³/mol. The molecule has 2 heterocycles. The molecule has 6 nitrogen and oxygen atoms in total. The zero-order valence-corrected chi connectivity index (χ0v) is 12.9. The van der Waals surface area contributed by atoms with Gasteiger partial charge in [0.15, 0.2) is 0 Å². The topological polar surface area (TPSA) is 72.9 Å². The molecule has 2 aliphatic heterocycles. The molecule has 2 saturated heterocycles. The molecule has 2 aliphatic rings. The zero-order valence-electron chi connectivity index (χ0n) is 12.9. The Hall–Kier alpha value is -1.30. The van der Waals surface area contributed by atoms with Gasteiger partial charge in [-0.05, 0) is 45.7 Å². The van der Waals surface area contributed by atoms with E-state index in [1.165, 1.54) is 19.3 Å². The molecule has 6 heteroatoms. The first-order valence-electron chi connectivity index (χ1n) is 8.00. The fourth-order valence-corrected chi connectivity index (χ4v) is 3.03. The minimum absolute atomic E-state index is 0.0561. The molecule has 21 heavy (non-hydrogen) atoms. The van der Waals surface area contributed by atoms with E-state index in [1.54, 1.807) is 11.8 Å². The molecule has 2 N–H and O–H groups in total. The van der Waals surface area contributed by atoms with Crippen LogP contribution >= 0.6 is 0 Å². The number of nitrogens with zero attached hydrogens (tertiary/aromatic N) is 2. The standard InChI is InChI=1S/C15H27N3O3/c1-15(13(19)20)5-10-18(11-6-15)14(21)16-7-12-17-8-3-2-4-9-17/h2-12H2,1H3,(H,16,21)(H,19,20). The summed E-state index contributed by atoms with van der Waals surface area (Å²) in [6.45, 7) is 6.67. The summed E-state index contributed by atoms with van der Waals surface area (Å²) in [6, 6.07) is -0.0561. The SMILES string of the molecule is CC1(C(=O)O)CCN(C(=O)NCCN2CCCCC2)CC1. The van der Waals surface area contributed by atoms with E-state index in [9.17, 15) is 14.7 Å². The van der Waals surface area contributed by atoms with Crippen molar-refractivity contribution in [2.24, 2.45) is 5.41 Å². The second-order valence-corrected chi connectivity index (χ2v) is 6.49. The zero-order chi connectivity index (χ0) is 15.3. The minimum Gasteiger partial charge on any atom is -0.481 e. The van der Waals surface area contributed by atoms with E-state index in [2.05, 4.69) is 10.2 Å². The highest BCUT2D eigenvalue weighted by molar-refractivity contribution is 5.76. The summed E-state index contributed by atoms with van der Waals surface area (Å²) >= 11 is 0. The van der Waals surface area contributed by atoms with E-state index < -0.39 is 11.4 Å². The summed E-state index contributed by atoms with van der Waals surface area (Å²) < 4.78 is 0. The number of carbonyl (C=O) groups is 2. The van der Waals surface area contributed by atoms with Gasteiger partial charge in [-0.2, -0.15) is 0 Å². The van der Waals surface area contributed by atoms with Gasteiger partial charge in [0.25, 0.3) is 0 Å². The molecule has 0 bridgehead atoms. The normalized spacial score (nSPS) is 22.8. The van der Waals surface area contributed by atoms with Gasteiger partial charge in [0, 0.05) is 26.2 Å². The fourth-order valence-electron chi connectivity index (χ4n) is 3.03. The predicted octanol–water partition coefficient (Wildman–Crippen LogP) is 1.37. The maximum atomic E-state index is 12.1. The molecule has 120 valence electrons. The summed E-state index contributed by atoms with van der Waals surface area (Å²) in [6.07, 6.45) is 4.89. The van der Waals surface area contributed by atoms with Crippen molar-refractivity contribution < 1.29 is 14.7 Å². The third-order valence-electron chi connectivity index (χ3n) is 4.82. The van der Waals surface area contributed by atoms with Crippen molar-refractivity contribution >= 4 is 12.0 Å². The minimum atomic E-state index is -0.757. The van der Waals surface area contributed by atoms with Crippen LogP contribution in [-0.4, -0.2) is 66.2 Å². The molecule has 0 spiro atoms. The molecule has 0 aromatic rings. The van der Waals surface area contributed by atoms with E-state index in [0.717, 1.165) is 19.6 Å². The Labute approximate surface area is 126 Å². The smallest absolute Gasteiger partial charge is 0.317 e. The molecule has 0 aromatic heterocycles. The first kappa shape index (κ1) is 16.1. The number of likely N-dealkylation sites (tertiary alicyclic amines) is 2. The lowest BCUT2D eigenvalue weighted by Crippen LogP contribution is -2.49. The summed E-state index contributed by atoms with van der Waals surface area (Å²) in [5.41, 5.74) is -0.676. The van der Waals surface area contributed by atoms with Gasteiger partial charge in [0.05, 0.1) is 5.41 Å². The Kier molecular flexibility index (Phi) is 5.45. The Morgan fingerprint density at radius 3 is 2.29 bits per heavy atom. The highest BCUT2D eigenvalue weighted by Crippen LogP contribution is 2.30. The van der Waals surface area contributed by atoms with Gasteiger partial charge in [-0.25, -0.2) is 4.79 Å². The van der Waals surface area contributed by atoms with Crippen LogP contribution < -0.4 is 5.32 Å². The number of hydrogen-bond acceptors (Lipinski definition) is 3. The monoisotopic (exact) mass is 297 g/mol. The van der Waals surface area contributed by atoms with Crippen molar-refractivity contribution in [3.8, 4) is 0 Å². The number of urea groups is 1. The van der Waals surface area contributed by atoms with Gasteiger partial charge in [-0.15, -0.1) is 0 Å². The van der Waals surface area contributed by atoms with Crippen molar-refractivity contribution in [1.82, 2.24) is 15.1 Å². The second-order valence-electron chi connectivity index (χ2n) is 6.49. The van der Waals surface area contributed by atoms with E-state index >= 15 is 0 Å². The summed E-state index contributed by atoms with van der Waals surface area (Å²) in [4.78, 5) is 27.4. The molecule has 0 unspecified atom stereocenters. The number of carboxylic acids is 1. The number of piperidine rings is 2. The van der Waals surface area contributed by atoms with Gasteiger partial charge in [-0.3, -0.25) is 4.79 Å². The number of nitrogens with one attached hydrogen (secondary N) is 1.